The number of halogens is 2. The van der Waals surface area contributed by atoms with E-state index in [2.05, 4.69) is 4.99 Å². The molecule has 1 aromatic carbocycles. The van der Waals surface area contributed by atoms with Gasteiger partial charge in [0.15, 0.2) is 6.04 Å². The van der Waals surface area contributed by atoms with Crippen LogP contribution in [-0.2, 0) is 4.79 Å². The summed E-state index contributed by atoms with van der Waals surface area (Å²) in [6.45, 7) is 0. The lowest BCUT2D eigenvalue weighted by Gasteiger charge is -2.05. The van der Waals surface area contributed by atoms with E-state index in [0.29, 0.717) is 0 Å². The lowest BCUT2D eigenvalue weighted by Crippen LogP contribution is -1.97. The van der Waals surface area contributed by atoms with Gasteiger partial charge in [-0.25, -0.2) is 9.18 Å². The molecule has 1 unspecified atom stereocenters. The Morgan fingerprint density at radius 3 is 2.79 bits per heavy atom. The smallest absolute Gasteiger partial charge is 0.211 e. The van der Waals surface area contributed by atoms with Crippen molar-refractivity contribution in [3.63, 3.8) is 0 Å². The normalized spacial score (nSPS) is 11.2. The highest BCUT2D eigenvalue weighted by molar-refractivity contribution is 6.31. The average Bonchev–Trinajstić information content (AvgIpc) is 2.16. The van der Waals surface area contributed by atoms with Crippen molar-refractivity contribution in [2.45, 2.75) is 6.04 Å². The second kappa shape index (κ2) is 4.52. The molecule has 0 saturated carbocycles. The number of aliphatic imine (C=N–C) groups is 1. The van der Waals surface area contributed by atoms with Gasteiger partial charge in [-0.15, -0.1) is 0 Å². The molecule has 0 aliphatic carbocycles. The molecule has 1 aromatic rings. The summed E-state index contributed by atoms with van der Waals surface area (Å²) in [5.41, 5.74) is -0.0972. The molecular formula is C9H4ClFN2O. The summed E-state index contributed by atoms with van der Waals surface area (Å²) < 4.78 is 13.2. The van der Waals surface area contributed by atoms with Crippen molar-refractivity contribution >= 4 is 17.7 Å². The first kappa shape index (κ1) is 10.4. The van der Waals surface area contributed by atoms with Crippen LogP contribution in [0.25, 0.3) is 0 Å². The van der Waals surface area contributed by atoms with E-state index in [1.807, 2.05) is 0 Å². The summed E-state index contributed by atoms with van der Waals surface area (Å²) in [5.74, 6) is -0.664. The van der Waals surface area contributed by atoms with Crippen LogP contribution in [0, 0.1) is 17.1 Å². The summed E-state index contributed by atoms with van der Waals surface area (Å²) in [7, 11) is 0. The van der Waals surface area contributed by atoms with E-state index in [1.54, 1.807) is 6.07 Å². The molecule has 0 radical (unpaired) electrons. The van der Waals surface area contributed by atoms with E-state index in [-0.39, 0.29) is 10.6 Å². The number of isocyanates is 1. The van der Waals surface area contributed by atoms with Crippen LogP contribution in [0.2, 0.25) is 5.02 Å². The zero-order chi connectivity index (χ0) is 10.6. The van der Waals surface area contributed by atoms with Crippen LogP contribution in [-0.4, -0.2) is 6.08 Å². The minimum atomic E-state index is -1.24. The van der Waals surface area contributed by atoms with Crippen LogP contribution in [0.3, 0.4) is 0 Å². The molecule has 0 fully saturated rings. The Bertz CT molecular complexity index is 415. The van der Waals surface area contributed by atoms with Crippen molar-refractivity contribution in [1.82, 2.24) is 0 Å². The highest BCUT2D eigenvalue weighted by atomic mass is 35.5. The zero-order valence-corrected chi connectivity index (χ0v) is 7.62. The standard InChI is InChI=1S/C9H4ClFN2O/c10-6-2-1-3-7(11)9(6)8(4-12)13-5-14/h1-3,8H. The maximum absolute atomic E-state index is 13.2. The topological polar surface area (TPSA) is 53.2 Å². The molecule has 0 aliphatic heterocycles. The Hall–Kier alpha value is -1.69. The average molecular weight is 211 g/mol. The number of nitriles is 1. The van der Waals surface area contributed by atoms with Gasteiger partial charge in [-0.05, 0) is 12.1 Å². The van der Waals surface area contributed by atoms with Crippen molar-refractivity contribution < 1.29 is 9.18 Å². The monoisotopic (exact) mass is 210 g/mol. The van der Waals surface area contributed by atoms with Crippen molar-refractivity contribution in [2.75, 3.05) is 0 Å². The van der Waals surface area contributed by atoms with Crippen molar-refractivity contribution in [3.05, 3.63) is 34.6 Å². The van der Waals surface area contributed by atoms with Crippen LogP contribution >= 0.6 is 11.6 Å². The predicted octanol–water partition coefficient (Wildman–Crippen LogP) is 2.38. The highest BCUT2D eigenvalue weighted by Gasteiger charge is 2.17. The van der Waals surface area contributed by atoms with Crippen LogP contribution in [0.5, 0.6) is 0 Å². The molecule has 0 spiro atoms. The Kier molecular flexibility index (Phi) is 3.35. The van der Waals surface area contributed by atoms with Crippen LogP contribution in [0.15, 0.2) is 23.2 Å². The SMILES string of the molecule is N#CC(N=C=O)c1c(F)cccc1Cl. The van der Waals surface area contributed by atoms with Gasteiger partial charge in [-0.2, -0.15) is 10.3 Å². The highest BCUT2D eigenvalue weighted by Crippen LogP contribution is 2.27. The fourth-order valence-corrected chi connectivity index (χ4v) is 1.25. The molecule has 0 heterocycles. The van der Waals surface area contributed by atoms with Gasteiger partial charge >= 0.3 is 0 Å². The van der Waals surface area contributed by atoms with E-state index in [4.69, 9.17) is 16.9 Å². The molecule has 5 heteroatoms. The summed E-state index contributed by atoms with van der Waals surface area (Å²) in [4.78, 5) is 13.1. The third kappa shape index (κ3) is 1.97. The number of benzene rings is 1. The zero-order valence-electron chi connectivity index (χ0n) is 6.87. The Morgan fingerprint density at radius 1 is 1.57 bits per heavy atom. The predicted molar refractivity (Wildman–Crippen MR) is 47.9 cm³/mol. The molecule has 0 N–H and O–H groups in total. The molecule has 0 aromatic heterocycles. The number of nitrogens with zero attached hydrogens (tertiary/aromatic N) is 2. The number of hydrogen-bond acceptors (Lipinski definition) is 3. The first-order chi connectivity index (χ1) is 6.70. The Labute approximate surface area is 84.4 Å². The van der Waals surface area contributed by atoms with E-state index in [0.717, 1.165) is 6.07 Å². The van der Waals surface area contributed by atoms with E-state index >= 15 is 0 Å². The molecule has 70 valence electrons. The van der Waals surface area contributed by atoms with Gasteiger partial charge in [0.1, 0.15) is 5.82 Å². The third-order valence-corrected chi connectivity index (χ3v) is 1.91. The fourth-order valence-electron chi connectivity index (χ4n) is 0.983. The quantitative estimate of drug-likeness (QED) is 0.556. The lowest BCUT2D eigenvalue weighted by molar-refractivity contribution is 0.559. The summed E-state index contributed by atoms with van der Waals surface area (Å²) in [5, 5.41) is 8.68. The van der Waals surface area contributed by atoms with Gasteiger partial charge in [0.25, 0.3) is 0 Å². The van der Waals surface area contributed by atoms with E-state index in [9.17, 15) is 9.18 Å². The molecular weight excluding hydrogens is 207 g/mol. The van der Waals surface area contributed by atoms with E-state index in [1.165, 1.54) is 18.2 Å². The van der Waals surface area contributed by atoms with Crippen molar-refractivity contribution in [2.24, 2.45) is 4.99 Å². The molecule has 0 saturated heterocycles. The summed E-state index contributed by atoms with van der Waals surface area (Å²) >= 11 is 5.66. The Morgan fingerprint density at radius 2 is 2.29 bits per heavy atom. The third-order valence-electron chi connectivity index (χ3n) is 1.58. The molecule has 0 amide bonds. The van der Waals surface area contributed by atoms with Crippen LogP contribution < -0.4 is 0 Å². The van der Waals surface area contributed by atoms with E-state index < -0.39 is 11.9 Å². The van der Waals surface area contributed by atoms with Crippen LogP contribution in [0.1, 0.15) is 11.6 Å². The molecule has 1 atom stereocenters. The minimum Gasteiger partial charge on any atom is -0.211 e. The minimum absolute atomic E-state index is 0.0653. The molecule has 14 heavy (non-hydrogen) atoms. The van der Waals surface area contributed by atoms with Gasteiger partial charge in [0.05, 0.1) is 6.07 Å². The molecule has 0 bridgehead atoms. The molecule has 0 aliphatic rings. The largest absolute Gasteiger partial charge is 0.236 e. The maximum Gasteiger partial charge on any atom is 0.236 e. The molecule has 1 rings (SSSR count). The van der Waals surface area contributed by atoms with Crippen LogP contribution in [0.4, 0.5) is 4.39 Å². The van der Waals surface area contributed by atoms with Gasteiger partial charge in [0.2, 0.25) is 6.08 Å². The van der Waals surface area contributed by atoms with Crippen molar-refractivity contribution in [1.29, 1.82) is 5.26 Å². The lowest BCUT2D eigenvalue weighted by atomic mass is 10.1. The number of carbonyl (C=O) groups excluding carboxylic acids is 1. The summed E-state index contributed by atoms with van der Waals surface area (Å²) in [6, 6.07) is 4.38. The van der Waals surface area contributed by atoms with Gasteiger partial charge in [-0.3, -0.25) is 0 Å². The number of hydrogen-bond donors (Lipinski definition) is 0. The first-order valence-electron chi connectivity index (χ1n) is 3.61. The summed E-state index contributed by atoms with van der Waals surface area (Å²) in [6.07, 6.45) is 1.20. The number of rotatable bonds is 2. The second-order valence-electron chi connectivity index (χ2n) is 2.39. The fraction of sp³-hybridized carbons (Fsp3) is 0.111. The maximum atomic E-state index is 13.2. The Balaban J connectivity index is 3.30. The van der Waals surface area contributed by atoms with Gasteiger partial charge in [0, 0.05) is 10.6 Å². The molecule has 3 nitrogen and oxygen atoms in total. The van der Waals surface area contributed by atoms with Gasteiger partial charge in [-0.1, -0.05) is 17.7 Å². The van der Waals surface area contributed by atoms with Crippen molar-refractivity contribution in [3.8, 4) is 6.07 Å². The second-order valence-corrected chi connectivity index (χ2v) is 2.79. The van der Waals surface area contributed by atoms with Gasteiger partial charge < -0.3 is 0 Å². The first-order valence-corrected chi connectivity index (χ1v) is 3.99.